The molecule has 1 aromatic rings. The normalized spacial score (nSPS) is 14.5. The first-order valence-electron chi connectivity index (χ1n) is 4.98. The molecule has 6 heteroatoms. The lowest BCUT2D eigenvalue weighted by atomic mass is 10.4. The van der Waals surface area contributed by atoms with Crippen molar-refractivity contribution in [1.29, 1.82) is 0 Å². The molecular weight excluding hydrogens is 228 g/mol. The summed E-state index contributed by atoms with van der Waals surface area (Å²) in [4.78, 5) is 23.8. The third-order valence-corrected chi connectivity index (χ3v) is 3.01. The maximum atomic E-state index is 11.8. The third kappa shape index (κ3) is 2.73. The zero-order valence-electron chi connectivity index (χ0n) is 8.55. The van der Waals surface area contributed by atoms with Crippen molar-refractivity contribution in [3.63, 3.8) is 0 Å². The second kappa shape index (κ2) is 4.52. The predicted molar refractivity (Wildman–Crippen MR) is 60.7 cm³/mol. The Morgan fingerprint density at radius 3 is 2.81 bits per heavy atom. The van der Waals surface area contributed by atoms with Crippen LogP contribution in [0.3, 0.4) is 0 Å². The number of carboxylic acid groups (broad SMARTS) is 1. The van der Waals surface area contributed by atoms with Gasteiger partial charge in [0.25, 0.3) is 0 Å². The highest BCUT2D eigenvalue weighted by atomic mass is 32.1. The number of rotatable bonds is 4. The van der Waals surface area contributed by atoms with Gasteiger partial charge in [0, 0.05) is 11.4 Å². The van der Waals surface area contributed by atoms with Crippen LogP contribution < -0.4 is 5.32 Å². The summed E-state index contributed by atoms with van der Waals surface area (Å²) in [6.45, 7) is -0.235. The average molecular weight is 240 g/mol. The lowest BCUT2D eigenvalue weighted by molar-refractivity contribution is -0.137. The molecule has 0 aromatic carbocycles. The quantitative estimate of drug-likeness (QED) is 0.843. The maximum Gasteiger partial charge on any atom is 0.323 e. The first-order valence-corrected chi connectivity index (χ1v) is 5.92. The van der Waals surface area contributed by atoms with Gasteiger partial charge in [0.05, 0.1) is 5.69 Å². The Labute approximate surface area is 96.7 Å². The zero-order valence-corrected chi connectivity index (χ0v) is 9.37. The van der Waals surface area contributed by atoms with E-state index in [1.54, 1.807) is 6.07 Å². The van der Waals surface area contributed by atoms with Crippen molar-refractivity contribution in [2.75, 3.05) is 11.9 Å². The van der Waals surface area contributed by atoms with E-state index in [-0.39, 0.29) is 18.6 Å². The van der Waals surface area contributed by atoms with E-state index < -0.39 is 5.97 Å². The van der Waals surface area contributed by atoms with Gasteiger partial charge in [-0.15, -0.1) is 0 Å². The zero-order chi connectivity index (χ0) is 11.5. The topological polar surface area (TPSA) is 69.6 Å². The fourth-order valence-corrected chi connectivity index (χ4v) is 2.02. The lowest BCUT2D eigenvalue weighted by Crippen LogP contribution is -2.40. The molecule has 0 aliphatic heterocycles. The van der Waals surface area contributed by atoms with E-state index in [0.29, 0.717) is 5.69 Å². The van der Waals surface area contributed by atoms with Gasteiger partial charge in [-0.25, -0.2) is 4.79 Å². The number of carbonyl (C=O) groups is 2. The van der Waals surface area contributed by atoms with Crippen molar-refractivity contribution >= 4 is 29.0 Å². The van der Waals surface area contributed by atoms with E-state index in [9.17, 15) is 9.59 Å². The van der Waals surface area contributed by atoms with Crippen LogP contribution in [0.1, 0.15) is 12.8 Å². The van der Waals surface area contributed by atoms with Crippen LogP contribution >= 0.6 is 11.3 Å². The molecule has 16 heavy (non-hydrogen) atoms. The molecule has 1 aromatic heterocycles. The lowest BCUT2D eigenvalue weighted by Gasteiger charge is -2.20. The Kier molecular flexibility index (Phi) is 3.09. The van der Waals surface area contributed by atoms with Gasteiger partial charge in [0.2, 0.25) is 0 Å². The number of nitrogens with zero attached hydrogens (tertiary/aromatic N) is 1. The summed E-state index contributed by atoms with van der Waals surface area (Å²) in [6, 6.07) is 1.55. The number of aliphatic carboxylic acids is 1. The second-order valence-corrected chi connectivity index (χ2v) is 4.48. The van der Waals surface area contributed by atoms with Gasteiger partial charge in [-0.3, -0.25) is 4.79 Å². The standard InChI is InChI=1S/C10H12N2O3S/c13-9(14)5-12(8-1-2-8)10(15)11-7-3-4-16-6-7/h3-4,6,8H,1-2,5H2,(H,11,15)(H,13,14). The smallest absolute Gasteiger partial charge is 0.323 e. The summed E-state index contributed by atoms with van der Waals surface area (Å²) < 4.78 is 0. The molecule has 2 rings (SSSR count). The molecule has 0 bridgehead atoms. The van der Waals surface area contributed by atoms with Gasteiger partial charge >= 0.3 is 12.0 Å². The molecule has 0 saturated heterocycles. The van der Waals surface area contributed by atoms with Gasteiger partial charge in [-0.2, -0.15) is 11.3 Å². The summed E-state index contributed by atoms with van der Waals surface area (Å²) in [5.41, 5.74) is 0.714. The van der Waals surface area contributed by atoms with E-state index in [4.69, 9.17) is 5.11 Å². The number of hydrogen-bond donors (Lipinski definition) is 2. The van der Waals surface area contributed by atoms with E-state index in [1.165, 1.54) is 16.2 Å². The monoisotopic (exact) mass is 240 g/mol. The first kappa shape index (κ1) is 10.9. The molecule has 2 amide bonds. The highest BCUT2D eigenvalue weighted by Crippen LogP contribution is 2.27. The minimum absolute atomic E-state index is 0.0923. The summed E-state index contributed by atoms with van der Waals surface area (Å²) in [5, 5.41) is 15.1. The van der Waals surface area contributed by atoms with Gasteiger partial charge in [-0.1, -0.05) is 0 Å². The Bertz CT molecular complexity index is 387. The first-order chi connectivity index (χ1) is 7.66. The van der Waals surface area contributed by atoms with E-state index in [1.807, 2.05) is 10.8 Å². The molecule has 1 saturated carbocycles. The van der Waals surface area contributed by atoms with E-state index in [2.05, 4.69) is 5.32 Å². The fraction of sp³-hybridized carbons (Fsp3) is 0.400. The van der Waals surface area contributed by atoms with E-state index in [0.717, 1.165) is 12.8 Å². The minimum atomic E-state index is -0.979. The van der Waals surface area contributed by atoms with Crippen LogP contribution in [0.4, 0.5) is 10.5 Å². The number of nitrogens with one attached hydrogen (secondary N) is 1. The number of amides is 2. The van der Waals surface area contributed by atoms with Crippen LogP contribution in [0.25, 0.3) is 0 Å². The van der Waals surface area contributed by atoms with Crippen LogP contribution in [0.5, 0.6) is 0 Å². The molecule has 1 heterocycles. The van der Waals surface area contributed by atoms with Crippen LogP contribution in [0.2, 0.25) is 0 Å². The summed E-state index contributed by atoms with van der Waals surface area (Å²) in [5.74, 6) is -0.979. The number of urea groups is 1. The molecule has 2 N–H and O–H groups in total. The van der Waals surface area contributed by atoms with Crippen molar-refractivity contribution in [3.05, 3.63) is 16.8 Å². The Balaban J connectivity index is 1.97. The third-order valence-electron chi connectivity index (χ3n) is 2.33. The Morgan fingerprint density at radius 1 is 1.56 bits per heavy atom. The molecular formula is C10H12N2O3S. The number of thiophene rings is 1. The molecule has 0 radical (unpaired) electrons. The Hall–Kier alpha value is -1.56. The van der Waals surface area contributed by atoms with Crippen molar-refractivity contribution in [2.24, 2.45) is 0 Å². The molecule has 0 spiro atoms. The van der Waals surface area contributed by atoms with Gasteiger partial charge in [0.1, 0.15) is 6.54 Å². The molecule has 1 aliphatic rings. The van der Waals surface area contributed by atoms with Crippen LogP contribution in [-0.2, 0) is 4.79 Å². The average Bonchev–Trinajstić information content (AvgIpc) is 2.94. The Morgan fingerprint density at radius 2 is 2.31 bits per heavy atom. The predicted octanol–water partition coefficient (Wildman–Crippen LogP) is 1.83. The number of carbonyl (C=O) groups excluding carboxylic acids is 1. The van der Waals surface area contributed by atoms with Crippen molar-refractivity contribution < 1.29 is 14.7 Å². The summed E-state index contributed by atoms with van der Waals surface area (Å²) in [6.07, 6.45) is 1.79. The molecule has 1 fully saturated rings. The highest BCUT2D eigenvalue weighted by molar-refractivity contribution is 7.08. The second-order valence-electron chi connectivity index (χ2n) is 3.69. The van der Waals surface area contributed by atoms with Gasteiger partial charge in [-0.05, 0) is 24.3 Å². The molecule has 5 nitrogen and oxygen atoms in total. The fourth-order valence-electron chi connectivity index (χ4n) is 1.43. The van der Waals surface area contributed by atoms with E-state index >= 15 is 0 Å². The SMILES string of the molecule is O=C(O)CN(C(=O)Nc1ccsc1)C1CC1. The van der Waals surface area contributed by atoms with Crippen molar-refractivity contribution in [2.45, 2.75) is 18.9 Å². The van der Waals surface area contributed by atoms with Crippen LogP contribution in [0, 0.1) is 0 Å². The molecule has 1 aliphatic carbocycles. The largest absolute Gasteiger partial charge is 0.480 e. The number of carboxylic acids is 1. The van der Waals surface area contributed by atoms with Gasteiger partial charge in [0.15, 0.2) is 0 Å². The molecule has 0 atom stereocenters. The highest BCUT2D eigenvalue weighted by Gasteiger charge is 2.33. The molecule has 0 unspecified atom stereocenters. The minimum Gasteiger partial charge on any atom is -0.480 e. The molecule has 86 valence electrons. The number of anilines is 1. The van der Waals surface area contributed by atoms with Gasteiger partial charge < -0.3 is 15.3 Å². The summed E-state index contributed by atoms with van der Waals surface area (Å²) >= 11 is 1.48. The maximum absolute atomic E-state index is 11.8. The van der Waals surface area contributed by atoms with Crippen molar-refractivity contribution in [3.8, 4) is 0 Å². The van der Waals surface area contributed by atoms with Crippen molar-refractivity contribution in [1.82, 2.24) is 4.90 Å². The van der Waals surface area contributed by atoms with Crippen LogP contribution in [0.15, 0.2) is 16.8 Å². The summed E-state index contributed by atoms with van der Waals surface area (Å²) in [7, 11) is 0. The van der Waals surface area contributed by atoms with Crippen LogP contribution in [-0.4, -0.2) is 34.6 Å². The number of hydrogen-bond acceptors (Lipinski definition) is 3.